The number of hydrogen-bond acceptors (Lipinski definition) is 1. The van der Waals surface area contributed by atoms with Crippen molar-refractivity contribution in [3.63, 3.8) is 0 Å². The van der Waals surface area contributed by atoms with Gasteiger partial charge in [-0.2, -0.15) is 26.3 Å². The first-order valence-corrected chi connectivity index (χ1v) is 6.90. The van der Waals surface area contributed by atoms with Crippen molar-refractivity contribution in [3.8, 4) is 0 Å². The third-order valence-corrected chi connectivity index (χ3v) is 4.94. The van der Waals surface area contributed by atoms with E-state index < -0.39 is 24.4 Å². The number of aliphatic hydroxyl groups is 1. The minimum absolute atomic E-state index is 0.236. The smallest absolute Gasteiger partial charge is 0.374 e. The normalized spacial score (nSPS) is 31.1. The highest BCUT2D eigenvalue weighted by atomic mass is 19.4. The Balaban J connectivity index is 1.90. The Morgan fingerprint density at radius 1 is 0.900 bits per heavy atom. The monoisotopic (exact) mass is 304 g/mol. The molecule has 2 aliphatic carbocycles. The van der Waals surface area contributed by atoms with Crippen LogP contribution in [0.3, 0.4) is 0 Å². The van der Waals surface area contributed by atoms with E-state index in [1.807, 2.05) is 0 Å². The molecule has 7 heteroatoms. The van der Waals surface area contributed by atoms with E-state index in [4.69, 9.17) is 5.11 Å². The molecule has 2 bridgehead atoms. The number of hydrogen-bond donors (Lipinski definition) is 1. The summed E-state index contributed by atoms with van der Waals surface area (Å²) in [5.41, 5.74) is -4.57. The van der Waals surface area contributed by atoms with Crippen molar-refractivity contribution < 1.29 is 31.4 Å². The molecule has 0 heterocycles. The second kappa shape index (κ2) is 5.07. The molecule has 0 spiro atoms. The zero-order valence-electron chi connectivity index (χ0n) is 10.9. The summed E-state index contributed by atoms with van der Waals surface area (Å²) in [6.45, 7) is 0. The van der Waals surface area contributed by atoms with Crippen LogP contribution in [0.25, 0.3) is 0 Å². The van der Waals surface area contributed by atoms with Crippen LogP contribution in [-0.2, 0) is 0 Å². The standard InChI is InChI=1S/C13H18F6O/c14-12(15,16)11(20,13(17,18)19)5-1-2-9-6-8-3-4-10(9)7-8/h8-10,20H,1-7H2. The summed E-state index contributed by atoms with van der Waals surface area (Å²) in [4.78, 5) is 0. The second-order valence-electron chi connectivity index (χ2n) is 6.18. The van der Waals surface area contributed by atoms with E-state index in [1.54, 1.807) is 0 Å². The molecular weight excluding hydrogens is 286 g/mol. The Labute approximate surface area is 113 Å². The zero-order chi connectivity index (χ0) is 15.2. The maximum absolute atomic E-state index is 12.5. The van der Waals surface area contributed by atoms with E-state index in [0.717, 1.165) is 25.7 Å². The summed E-state index contributed by atoms with van der Waals surface area (Å²) >= 11 is 0. The Hall–Kier alpha value is -0.460. The van der Waals surface area contributed by atoms with Crippen molar-refractivity contribution in [3.05, 3.63) is 0 Å². The molecule has 3 atom stereocenters. The Morgan fingerprint density at radius 2 is 1.50 bits per heavy atom. The van der Waals surface area contributed by atoms with E-state index in [-0.39, 0.29) is 12.3 Å². The average Bonchev–Trinajstić information content (AvgIpc) is 2.87. The second-order valence-corrected chi connectivity index (χ2v) is 6.18. The van der Waals surface area contributed by atoms with Crippen LogP contribution in [0, 0.1) is 17.8 Å². The van der Waals surface area contributed by atoms with Gasteiger partial charge in [-0.3, -0.25) is 0 Å². The van der Waals surface area contributed by atoms with Gasteiger partial charge in [-0.15, -0.1) is 0 Å². The maximum Gasteiger partial charge on any atom is 0.426 e. The Kier molecular flexibility index (Phi) is 4.04. The predicted molar refractivity (Wildman–Crippen MR) is 59.8 cm³/mol. The molecule has 118 valence electrons. The number of rotatable bonds is 4. The van der Waals surface area contributed by atoms with Crippen molar-refractivity contribution in [2.24, 2.45) is 17.8 Å². The van der Waals surface area contributed by atoms with E-state index in [0.29, 0.717) is 18.3 Å². The molecular formula is C13H18F6O. The average molecular weight is 304 g/mol. The van der Waals surface area contributed by atoms with Crippen LogP contribution in [0.2, 0.25) is 0 Å². The third kappa shape index (κ3) is 2.78. The highest BCUT2D eigenvalue weighted by Gasteiger charge is 2.69. The van der Waals surface area contributed by atoms with Gasteiger partial charge in [0.05, 0.1) is 0 Å². The zero-order valence-corrected chi connectivity index (χ0v) is 10.9. The molecule has 0 aromatic heterocycles. The third-order valence-electron chi connectivity index (χ3n) is 4.94. The quantitative estimate of drug-likeness (QED) is 0.761. The molecule has 0 radical (unpaired) electrons. The molecule has 2 fully saturated rings. The van der Waals surface area contributed by atoms with Crippen LogP contribution in [0.1, 0.15) is 44.9 Å². The minimum Gasteiger partial charge on any atom is -0.374 e. The molecule has 2 saturated carbocycles. The summed E-state index contributed by atoms with van der Waals surface area (Å²) in [5, 5.41) is 9.04. The van der Waals surface area contributed by atoms with Crippen molar-refractivity contribution in [1.82, 2.24) is 0 Å². The SMILES string of the molecule is OC(CCCC1CC2CCC1C2)(C(F)(F)F)C(F)(F)F. The molecule has 2 aliphatic rings. The van der Waals surface area contributed by atoms with Gasteiger partial charge < -0.3 is 5.11 Å². The summed E-state index contributed by atoms with van der Waals surface area (Å²) < 4.78 is 74.9. The highest BCUT2D eigenvalue weighted by Crippen LogP contribution is 2.51. The first kappa shape index (κ1) is 15.9. The van der Waals surface area contributed by atoms with Gasteiger partial charge in [0, 0.05) is 0 Å². The molecule has 20 heavy (non-hydrogen) atoms. The van der Waals surface area contributed by atoms with E-state index >= 15 is 0 Å². The topological polar surface area (TPSA) is 20.2 Å². The van der Waals surface area contributed by atoms with Crippen molar-refractivity contribution in [2.45, 2.75) is 62.9 Å². The van der Waals surface area contributed by atoms with E-state index in [9.17, 15) is 26.3 Å². The van der Waals surface area contributed by atoms with Crippen LogP contribution in [0.5, 0.6) is 0 Å². The summed E-state index contributed by atoms with van der Waals surface area (Å²) in [6.07, 6.45) is -8.41. The molecule has 3 unspecified atom stereocenters. The van der Waals surface area contributed by atoms with E-state index in [1.165, 1.54) is 0 Å². The van der Waals surface area contributed by atoms with Crippen LogP contribution >= 0.6 is 0 Å². The highest BCUT2D eigenvalue weighted by molar-refractivity contribution is 4.95. The minimum atomic E-state index is -5.68. The lowest BCUT2D eigenvalue weighted by Crippen LogP contribution is -2.56. The lowest BCUT2D eigenvalue weighted by atomic mass is 9.83. The van der Waals surface area contributed by atoms with Gasteiger partial charge >= 0.3 is 12.4 Å². The van der Waals surface area contributed by atoms with Gasteiger partial charge in [-0.25, -0.2) is 0 Å². The van der Waals surface area contributed by atoms with Crippen molar-refractivity contribution in [1.29, 1.82) is 0 Å². The fourth-order valence-electron chi connectivity index (χ4n) is 3.79. The van der Waals surface area contributed by atoms with E-state index in [2.05, 4.69) is 0 Å². The fourth-order valence-corrected chi connectivity index (χ4v) is 3.79. The number of halogens is 6. The maximum atomic E-state index is 12.5. The molecule has 0 aromatic carbocycles. The van der Waals surface area contributed by atoms with Crippen molar-refractivity contribution >= 4 is 0 Å². The lowest BCUT2D eigenvalue weighted by Gasteiger charge is -2.33. The lowest BCUT2D eigenvalue weighted by molar-refractivity contribution is -0.370. The van der Waals surface area contributed by atoms with Crippen LogP contribution in [0.4, 0.5) is 26.3 Å². The van der Waals surface area contributed by atoms with Crippen LogP contribution < -0.4 is 0 Å². The summed E-state index contributed by atoms with van der Waals surface area (Å²) in [6, 6.07) is 0. The molecule has 0 saturated heterocycles. The predicted octanol–water partition coefficient (Wildman–Crippen LogP) is 4.45. The fraction of sp³-hybridized carbons (Fsp3) is 1.00. The van der Waals surface area contributed by atoms with Gasteiger partial charge in [0.1, 0.15) is 0 Å². The summed E-state index contributed by atoms with van der Waals surface area (Å²) in [7, 11) is 0. The molecule has 2 rings (SSSR count). The number of fused-ring (bicyclic) bond motifs is 2. The molecule has 0 amide bonds. The largest absolute Gasteiger partial charge is 0.426 e. The van der Waals surface area contributed by atoms with Crippen LogP contribution in [-0.4, -0.2) is 23.1 Å². The van der Waals surface area contributed by atoms with Gasteiger partial charge in [0.15, 0.2) is 0 Å². The first-order chi connectivity index (χ1) is 9.04. The Morgan fingerprint density at radius 3 is 1.90 bits per heavy atom. The first-order valence-electron chi connectivity index (χ1n) is 6.90. The molecule has 1 N–H and O–H groups in total. The van der Waals surface area contributed by atoms with Crippen molar-refractivity contribution in [2.75, 3.05) is 0 Å². The van der Waals surface area contributed by atoms with Gasteiger partial charge in [0.2, 0.25) is 0 Å². The number of alkyl halides is 6. The summed E-state index contributed by atoms with van der Waals surface area (Å²) in [5.74, 6) is 1.30. The van der Waals surface area contributed by atoms with Gasteiger partial charge in [-0.05, 0) is 49.9 Å². The van der Waals surface area contributed by atoms with Gasteiger partial charge in [-0.1, -0.05) is 12.8 Å². The van der Waals surface area contributed by atoms with Gasteiger partial charge in [0.25, 0.3) is 5.60 Å². The molecule has 0 aromatic rings. The van der Waals surface area contributed by atoms with Crippen LogP contribution in [0.15, 0.2) is 0 Å². The molecule has 1 nitrogen and oxygen atoms in total. The molecule has 0 aliphatic heterocycles. The Bertz CT molecular complexity index is 334.